The first-order valence-corrected chi connectivity index (χ1v) is 7.34. The van der Waals surface area contributed by atoms with Crippen LogP contribution in [0.25, 0.3) is 0 Å². The number of hydrogen-bond acceptors (Lipinski definition) is 5. The molecule has 100 valence electrons. The summed E-state index contributed by atoms with van der Waals surface area (Å²) in [6.45, 7) is 4.21. The van der Waals surface area contributed by atoms with Crippen molar-refractivity contribution in [2.24, 2.45) is 0 Å². The molecule has 0 saturated carbocycles. The Kier molecular flexibility index (Phi) is 13.8. The molecule has 0 saturated heterocycles. The molecule has 2 aromatic rings. The molecule has 0 amide bonds. The van der Waals surface area contributed by atoms with Gasteiger partial charge in [-0.15, -0.1) is 22.7 Å². The van der Waals surface area contributed by atoms with E-state index in [1.165, 1.54) is 27.5 Å². The summed E-state index contributed by atoms with van der Waals surface area (Å²) in [6.07, 6.45) is 2.13. The second-order valence-corrected chi connectivity index (χ2v) is 5.70. The third-order valence-corrected chi connectivity index (χ3v) is 4.50. The zero-order valence-electron chi connectivity index (χ0n) is 11.5. The molecule has 0 aromatic carbocycles. The van der Waals surface area contributed by atoms with Gasteiger partial charge in [0.2, 0.25) is 0 Å². The van der Waals surface area contributed by atoms with Crippen molar-refractivity contribution >= 4 is 34.6 Å². The van der Waals surface area contributed by atoms with E-state index < -0.39 is 7.12 Å². The average molecular weight is 308 g/mol. The zero-order valence-corrected chi connectivity index (χ0v) is 15.2. The minimum atomic E-state index is -1.30. The largest absolute Gasteiger partial charge is 1.00 e. The zero-order chi connectivity index (χ0) is 12.7. The van der Waals surface area contributed by atoms with Crippen molar-refractivity contribution in [2.45, 2.75) is 26.7 Å². The van der Waals surface area contributed by atoms with Crippen LogP contribution in [0.3, 0.4) is 0 Å². The van der Waals surface area contributed by atoms with Gasteiger partial charge in [-0.2, -0.15) is 0 Å². The summed E-state index contributed by atoms with van der Waals surface area (Å²) < 4.78 is 0.622. The molecule has 2 rings (SSSR count). The summed E-state index contributed by atoms with van der Waals surface area (Å²) in [5, 5.41) is 19.5. The molecule has 0 spiro atoms. The van der Waals surface area contributed by atoms with E-state index in [-0.39, 0.29) is 35.0 Å². The van der Waals surface area contributed by atoms with Gasteiger partial charge in [0.05, 0.1) is 0 Å². The van der Waals surface area contributed by atoms with Gasteiger partial charge in [0.1, 0.15) is 0 Å². The monoisotopic (exact) mass is 308 g/mol. The van der Waals surface area contributed by atoms with Gasteiger partial charge in [-0.1, -0.05) is 26.0 Å². The Labute approximate surface area is 145 Å². The van der Waals surface area contributed by atoms with Crippen LogP contribution in [-0.2, 0) is 12.8 Å². The first-order chi connectivity index (χ1) is 8.17. The molecule has 0 aliphatic rings. The molecule has 7 heteroatoms. The van der Waals surface area contributed by atoms with Crippen LogP contribution in [0.2, 0.25) is 0 Å². The molecule has 19 heavy (non-hydrogen) atoms. The maximum Gasteiger partial charge on any atom is 1.00 e. The summed E-state index contributed by atoms with van der Waals surface area (Å²) >= 11 is 3.26. The molecule has 2 aromatic heterocycles. The normalized spacial score (nSPS) is 8.63. The van der Waals surface area contributed by atoms with Crippen LogP contribution < -0.4 is 34.3 Å². The van der Waals surface area contributed by atoms with Crippen LogP contribution in [-0.4, -0.2) is 22.6 Å². The summed E-state index contributed by atoms with van der Waals surface area (Å²) in [7, 11) is -1.30. The predicted molar refractivity (Wildman–Crippen MR) is 79.2 cm³/mol. The summed E-state index contributed by atoms with van der Waals surface area (Å²) in [4.78, 5) is 2.66. The molecule has 0 fully saturated rings. The van der Waals surface area contributed by atoms with Gasteiger partial charge >= 0.3 is 36.7 Å². The molecular weight excluding hydrogens is 290 g/mol. The SMILES string of the molecule is CCc1ccc(B(O)O)s1.CCc1cccs1.[Na+].[OH-]. The quantitative estimate of drug-likeness (QED) is 0.724. The average Bonchev–Trinajstić information content (AvgIpc) is 3.01. The van der Waals surface area contributed by atoms with Crippen molar-refractivity contribution in [2.75, 3.05) is 0 Å². The van der Waals surface area contributed by atoms with Gasteiger partial charge in [0, 0.05) is 14.5 Å². The van der Waals surface area contributed by atoms with Crippen LogP contribution in [0.1, 0.15) is 23.6 Å². The maximum absolute atomic E-state index is 8.70. The number of rotatable bonds is 3. The van der Waals surface area contributed by atoms with Gasteiger partial charge in [0.15, 0.2) is 0 Å². The fraction of sp³-hybridized carbons (Fsp3) is 0.333. The second-order valence-electron chi connectivity index (χ2n) is 3.46. The molecule has 0 unspecified atom stereocenters. The molecular formula is C12H18BNaO3S2. The summed E-state index contributed by atoms with van der Waals surface area (Å²) in [5.74, 6) is 0. The van der Waals surface area contributed by atoms with Gasteiger partial charge in [-0.3, -0.25) is 0 Å². The summed E-state index contributed by atoms with van der Waals surface area (Å²) in [6, 6.07) is 7.90. The standard InChI is InChI=1S/C6H9BO2S.C6H8S.Na.H2O/c1-2-5-3-4-6(10-5)7(8)9;1-2-6-4-3-5-7-6;;/h3-4,8-9H,2H2,1H3;3-5H,2H2,1H3;;1H2/q;;+1;/p-1. The molecule has 2 heterocycles. The predicted octanol–water partition coefficient (Wildman–Crippen LogP) is -0.872. The fourth-order valence-electron chi connectivity index (χ4n) is 1.24. The van der Waals surface area contributed by atoms with E-state index in [2.05, 4.69) is 24.4 Å². The number of hydrogen-bond donors (Lipinski definition) is 2. The Balaban J connectivity index is 0. The van der Waals surface area contributed by atoms with E-state index in [0.717, 1.165) is 6.42 Å². The number of thiophene rings is 2. The van der Waals surface area contributed by atoms with E-state index in [4.69, 9.17) is 10.0 Å². The molecule has 0 aliphatic heterocycles. The van der Waals surface area contributed by atoms with Crippen molar-refractivity contribution in [3.63, 3.8) is 0 Å². The van der Waals surface area contributed by atoms with Crippen molar-refractivity contribution in [1.29, 1.82) is 0 Å². The van der Waals surface area contributed by atoms with Crippen LogP contribution in [0.5, 0.6) is 0 Å². The van der Waals surface area contributed by atoms with E-state index in [9.17, 15) is 0 Å². The number of aryl methyl sites for hydroxylation is 2. The first-order valence-electron chi connectivity index (χ1n) is 5.64. The summed E-state index contributed by atoms with van der Waals surface area (Å²) in [5.41, 5.74) is 0. The van der Waals surface area contributed by atoms with Crippen LogP contribution in [0.4, 0.5) is 0 Å². The second kappa shape index (κ2) is 12.1. The van der Waals surface area contributed by atoms with Crippen LogP contribution >= 0.6 is 22.7 Å². The Hall–Kier alpha value is 0.345. The van der Waals surface area contributed by atoms with E-state index in [1.807, 2.05) is 24.3 Å². The van der Waals surface area contributed by atoms with E-state index in [0.29, 0.717) is 4.78 Å². The van der Waals surface area contributed by atoms with E-state index in [1.54, 1.807) is 6.07 Å². The molecule has 0 atom stereocenters. The Morgan fingerprint density at radius 1 is 1.05 bits per heavy atom. The van der Waals surface area contributed by atoms with Gasteiger partial charge in [-0.25, -0.2) is 0 Å². The van der Waals surface area contributed by atoms with Gasteiger partial charge in [0.25, 0.3) is 0 Å². The Morgan fingerprint density at radius 2 is 1.68 bits per heavy atom. The van der Waals surface area contributed by atoms with Gasteiger partial charge in [-0.05, 0) is 30.4 Å². The van der Waals surface area contributed by atoms with Crippen molar-refractivity contribution < 1.29 is 45.1 Å². The molecule has 0 radical (unpaired) electrons. The minimum Gasteiger partial charge on any atom is -0.870 e. The van der Waals surface area contributed by atoms with Crippen LogP contribution in [0, 0.1) is 0 Å². The minimum absolute atomic E-state index is 0. The Bertz CT molecular complexity index is 418. The molecule has 3 N–H and O–H groups in total. The molecule has 0 bridgehead atoms. The fourth-order valence-corrected chi connectivity index (χ4v) is 2.72. The topological polar surface area (TPSA) is 70.5 Å². The van der Waals surface area contributed by atoms with Gasteiger partial charge < -0.3 is 15.5 Å². The smallest absolute Gasteiger partial charge is 0.870 e. The van der Waals surface area contributed by atoms with Crippen molar-refractivity contribution in [1.82, 2.24) is 0 Å². The Morgan fingerprint density at radius 3 is 1.95 bits per heavy atom. The molecule has 0 aliphatic carbocycles. The van der Waals surface area contributed by atoms with Crippen molar-refractivity contribution in [3.8, 4) is 0 Å². The third kappa shape index (κ3) is 8.27. The van der Waals surface area contributed by atoms with Crippen molar-refractivity contribution in [3.05, 3.63) is 39.4 Å². The van der Waals surface area contributed by atoms with Crippen LogP contribution in [0.15, 0.2) is 29.6 Å². The maximum atomic E-state index is 8.70. The molecule has 3 nitrogen and oxygen atoms in total. The first kappa shape index (κ1) is 21.6. The third-order valence-electron chi connectivity index (χ3n) is 2.21. The van der Waals surface area contributed by atoms with E-state index >= 15 is 0 Å².